The number of nitrogens with zero attached hydrogens (tertiary/aromatic N) is 1. The molecule has 1 aromatic rings. The van der Waals surface area contributed by atoms with Crippen LogP contribution in [0.5, 0.6) is 0 Å². The van der Waals surface area contributed by atoms with E-state index in [1.165, 1.54) is 4.90 Å². The highest BCUT2D eigenvalue weighted by Crippen LogP contribution is 2.25. The molecule has 2 rings (SSSR count). The summed E-state index contributed by atoms with van der Waals surface area (Å²) in [5.74, 6) is -0.589. The minimum Gasteiger partial charge on any atom is -0.274 e. The zero-order valence-electron chi connectivity index (χ0n) is 9.11. The Kier molecular flexibility index (Phi) is 2.59. The average molecular weight is 233 g/mol. The van der Waals surface area contributed by atoms with Crippen molar-refractivity contribution in [3.05, 3.63) is 29.3 Å². The Labute approximate surface area is 99.1 Å². The quantitative estimate of drug-likeness (QED) is 0.549. The van der Waals surface area contributed by atoms with Gasteiger partial charge in [0.2, 0.25) is 5.91 Å². The second kappa shape index (κ2) is 3.79. The third-order valence-corrected chi connectivity index (χ3v) is 2.91. The van der Waals surface area contributed by atoms with E-state index in [1.807, 2.05) is 26.0 Å². The van der Waals surface area contributed by atoms with Gasteiger partial charge in [-0.1, -0.05) is 29.9 Å². The molecule has 0 unspecified atom stereocenters. The minimum absolute atomic E-state index is 0.0570. The minimum atomic E-state index is -0.355. The molecule has 1 fully saturated rings. The normalized spacial score (nSPS) is 16.1. The molecule has 0 spiro atoms. The van der Waals surface area contributed by atoms with Crippen LogP contribution >= 0.6 is 12.2 Å². The fourth-order valence-electron chi connectivity index (χ4n) is 1.83. The van der Waals surface area contributed by atoms with Gasteiger partial charge in [-0.05, 0) is 25.5 Å². The zero-order valence-corrected chi connectivity index (χ0v) is 9.93. The highest BCUT2D eigenvalue weighted by Gasteiger charge is 2.35. The maximum absolute atomic E-state index is 11.7. The molecule has 16 heavy (non-hydrogen) atoms. The fraction of sp³-hybridized carbons (Fsp3) is 0.250. The highest BCUT2D eigenvalue weighted by atomic mass is 32.1. The molecule has 1 saturated heterocycles. The third-order valence-electron chi connectivity index (χ3n) is 2.60. The number of thiocarbonyl (C=S) groups is 1. The van der Waals surface area contributed by atoms with Gasteiger partial charge in [0, 0.05) is 0 Å². The van der Waals surface area contributed by atoms with Crippen molar-refractivity contribution in [2.75, 3.05) is 4.90 Å². The lowest BCUT2D eigenvalue weighted by atomic mass is 10.1. The van der Waals surface area contributed by atoms with Gasteiger partial charge in [0.25, 0.3) is 5.91 Å². The van der Waals surface area contributed by atoms with Crippen LogP contribution in [0.2, 0.25) is 0 Å². The topological polar surface area (TPSA) is 37.4 Å². The number of aryl methyl sites for hydroxylation is 2. The summed E-state index contributed by atoms with van der Waals surface area (Å²) < 4.78 is 0. The summed E-state index contributed by atoms with van der Waals surface area (Å²) in [4.78, 5) is 24.7. The van der Waals surface area contributed by atoms with Gasteiger partial charge in [-0.15, -0.1) is 0 Å². The molecule has 1 aliphatic rings. The zero-order chi connectivity index (χ0) is 11.9. The van der Waals surface area contributed by atoms with Crippen LogP contribution in [0, 0.1) is 13.8 Å². The first-order valence-corrected chi connectivity index (χ1v) is 5.39. The summed E-state index contributed by atoms with van der Waals surface area (Å²) in [5.41, 5.74) is 2.65. The maximum Gasteiger partial charge on any atom is 0.272 e. The molecule has 0 N–H and O–H groups in total. The lowest BCUT2D eigenvalue weighted by molar-refractivity contribution is -0.120. The SMILES string of the molecule is Cc1ccc(N2C(=O)CC(=S)C2=O)c(C)c1. The number of imide groups is 1. The van der Waals surface area contributed by atoms with Crippen molar-refractivity contribution < 1.29 is 9.59 Å². The summed E-state index contributed by atoms with van der Waals surface area (Å²) in [6.45, 7) is 3.85. The van der Waals surface area contributed by atoms with Crippen LogP contribution in [0.25, 0.3) is 0 Å². The van der Waals surface area contributed by atoms with Crippen LogP contribution in [0.1, 0.15) is 17.5 Å². The number of anilines is 1. The lowest BCUT2D eigenvalue weighted by Gasteiger charge is -2.16. The molecule has 0 aliphatic carbocycles. The summed E-state index contributed by atoms with van der Waals surface area (Å²) in [7, 11) is 0. The number of carbonyl (C=O) groups excluding carboxylic acids is 2. The van der Waals surface area contributed by atoms with Crippen molar-refractivity contribution in [1.82, 2.24) is 0 Å². The van der Waals surface area contributed by atoms with E-state index in [1.54, 1.807) is 6.07 Å². The molecule has 0 aromatic heterocycles. The van der Waals surface area contributed by atoms with E-state index in [4.69, 9.17) is 12.2 Å². The number of hydrogen-bond donors (Lipinski definition) is 0. The van der Waals surface area contributed by atoms with Crippen LogP contribution in [-0.2, 0) is 9.59 Å². The molecule has 3 nitrogen and oxygen atoms in total. The second-order valence-electron chi connectivity index (χ2n) is 3.92. The fourth-order valence-corrected chi connectivity index (χ4v) is 2.04. The van der Waals surface area contributed by atoms with Crippen LogP contribution in [0.15, 0.2) is 18.2 Å². The summed E-state index contributed by atoms with van der Waals surface area (Å²) >= 11 is 4.85. The number of hydrogen-bond acceptors (Lipinski definition) is 3. The molecule has 2 amide bonds. The highest BCUT2D eigenvalue weighted by molar-refractivity contribution is 7.82. The van der Waals surface area contributed by atoms with Gasteiger partial charge < -0.3 is 0 Å². The standard InChI is InChI=1S/C12H11NO2S/c1-7-3-4-9(8(2)5-7)13-11(14)6-10(16)12(13)15/h3-5H,6H2,1-2H3. The van der Waals surface area contributed by atoms with Crippen molar-refractivity contribution in [3.8, 4) is 0 Å². The predicted octanol–water partition coefficient (Wildman–Crippen LogP) is 1.94. The smallest absolute Gasteiger partial charge is 0.272 e. The Balaban J connectivity index is 2.48. The Hall–Kier alpha value is -1.55. The summed E-state index contributed by atoms with van der Waals surface area (Å²) in [6, 6.07) is 5.61. The molecule has 0 atom stereocenters. The van der Waals surface area contributed by atoms with Gasteiger partial charge in [0.1, 0.15) is 0 Å². The first kappa shape index (κ1) is 11.0. The number of benzene rings is 1. The largest absolute Gasteiger partial charge is 0.274 e. The maximum atomic E-state index is 11.7. The molecule has 1 heterocycles. The Morgan fingerprint density at radius 1 is 1.25 bits per heavy atom. The van der Waals surface area contributed by atoms with Crippen molar-refractivity contribution in [2.24, 2.45) is 0 Å². The van der Waals surface area contributed by atoms with Crippen LogP contribution in [0.3, 0.4) is 0 Å². The summed E-state index contributed by atoms with van der Waals surface area (Å²) in [5, 5.41) is 0. The van der Waals surface area contributed by atoms with E-state index in [-0.39, 0.29) is 23.1 Å². The second-order valence-corrected chi connectivity index (χ2v) is 4.42. The molecule has 1 aromatic carbocycles. The van der Waals surface area contributed by atoms with Crippen LogP contribution in [0.4, 0.5) is 5.69 Å². The van der Waals surface area contributed by atoms with Crippen LogP contribution < -0.4 is 4.90 Å². The number of carbonyl (C=O) groups is 2. The van der Waals surface area contributed by atoms with Crippen molar-refractivity contribution in [3.63, 3.8) is 0 Å². The van der Waals surface area contributed by atoms with Gasteiger partial charge in [0.15, 0.2) is 0 Å². The van der Waals surface area contributed by atoms with Gasteiger partial charge in [-0.25, -0.2) is 4.90 Å². The van der Waals surface area contributed by atoms with Gasteiger partial charge in [-0.2, -0.15) is 0 Å². The van der Waals surface area contributed by atoms with E-state index in [9.17, 15) is 9.59 Å². The first-order chi connectivity index (χ1) is 7.50. The van der Waals surface area contributed by atoms with E-state index in [0.717, 1.165) is 11.1 Å². The van der Waals surface area contributed by atoms with Gasteiger partial charge in [-0.3, -0.25) is 9.59 Å². The molecule has 4 heteroatoms. The average Bonchev–Trinajstić information content (AvgIpc) is 2.43. The molecule has 0 radical (unpaired) electrons. The monoisotopic (exact) mass is 233 g/mol. The van der Waals surface area contributed by atoms with Crippen molar-refractivity contribution in [2.45, 2.75) is 20.3 Å². The predicted molar refractivity (Wildman–Crippen MR) is 65.6 cm³/mol. The summed E-state index contributed by atoms with van der Waals surface area (Å²) in [6.07, 6.45) is 0.0570. The van der Waals surface area contributed by atoms with Crippen molar-refractivity contribution in [1.29, 1.82) is 0 Å². The van der Waals surface area contributed by atoms with Crippen LogP contribution in [-0.4, -0.2) is 16.7 Å². The van der Waals surface area contributed by atoms with E-state index in [2.05, 4.69) is 0 Å². The third kappa shape index (κ3) is 1.65. The van der Waals surface area contributed by atoms with Gasteiger partial charge >= 0.3 is 0 Å². The number of rotatable bonds is 1. The Morgan fingerprint density at radius 2 is 1.94 bits per heavy atom. The van der Waals surface area contributed by atoms with E-state index in [0.29, 0.717) is 5.69 Å². The Bertz CT molecular complexity index is 508. The molecule has 0 saturated carbocycles. The number of amides is 2. The Morgan fingerprint density at radius 3 is 2.44 bits per heavy atom. The van der Waals surface area contributed by atoms with E-state index < -0.39 is 0 Å². The molecular weight excluding hydrogens is 222 g/mol. The molecule has 82 valence electrons. The molecular formula is C12H11NO2S. The first-order valence-electron chi connectivity index (χ1n) is 4.98. The van der Waals surface area contributed by atoms with Crippen molar-refractivity contribution >= 4 is 34.6 Å². The molecule has 0 bridgehead atoms. The van der Waals surface area contributed by atoms with Gasteiger partial charge in [0.05, 0.1) is 17.0 Å². The lowest BCUT2D eigenvalue weighted by Crippen LogP contribution is -2.30. The van der Waals surface area contributed by atoms with E-state index >= 15 is 0 Å². The molecule has 1 aliphatic heterocycles.